The van der Waals surface area contributed by atoms with E-state index in [2.05, 4.69) is 5.32 Å². The molecule has 3 rings (SSSR count). The molecule has 0 aromatic carbocycles. The van der Waals surface area contributed by atoms with Crippen LogP contribution in [-0.2, 0) is 26.6 Å². The Labute approximate surface area is 179 Å². The van der Waals surface area contributed by atoms with Gasteiger partial charge in [-0.3, -0.25) is 4.79 Å². The molecule has 1 amide bonds. The zero-order valence-corrected chi connectivity index (χ0v) is 19.2. The first-order chi connectivity index (χ1) is 14.2. The standard InChI is InChI=1S/C21H33N3O5S/c1-5-29-21(26)18-14(2)23(4)15(3)19(18)30(27,28)24-12-8-9-16(13-24)20(25)22-17-10-6-7-11-17/h16-17H,5-13H2,1-4H3,(H,22,25). The van der Waals surface area contributed by atoms with E-state index >= 15 is 0 Å². The average molecular weight is 440 g/mol. The molecule has 1 unspecified atom stereocenters. The molecule has 1 atom stereocenters. The van der Waals surface area contributed by atoms with Crippen LogP contribution in [0, 0.1) is 19.8 Å². The van der Waals surface area contributed by atoms with Crippen LogP contribution in [0.5, 0.6) is 0 Å². The summed E-state index contributed by atoms with van der Waals surface area (Å²) in [4.78, 5) is 25.3. The van der Waals surface area contributed by atoms with E-state index in [1.165, 1.54) is 4.31 Å². The first-order valence-corrected chi connectivity index (χ1v) is 12.3. The van der Waals surface area contributed by atoms with Gasteiger partial charge in [-0.1, -0.05) is 12.8 Å². The van der Waals surface area contributed by atoms with Gasteiger partial charge in [0.2, 0.25) is 15.9 Å². The molecule has 2 aliphatic rings. The molecular weight excluding hydrogens is 406 g/mol. The molecule has 1 aliphatic heterocycles. The van der Waals surface area contributed by atoms with E-state index in [0.717, 1.165) is 25.7 Å². The second-order valence-corrected chi connectivity index (χ2v) is 10.2. The molecule has 1 saturated carbocycles. The molecule has 9 heteroatoms. The van der Waals surface area contributed by atoms with Crippen LogP contribution < -0.4 is 5.32 Å². The maximum Gasteiger partial charge on any atom is 0.341 e. The number of hydrogen-bond donors (Lipinski definition) is 1. The molecular formula is C21H33N3O5S. The first kappa shape index (κ1) is 22.8. The number of nitrogens with one attached hydrogen (secondary N) is 1. The van der Waals surface area contributed by atoms with Crippen LogP contribution in [0.4, 0.5) is 0 Å². The third-order valence-corrected chi connectivity index (χ3v) is 8.48. The Balaban J connectivity index is 1.87. The predicted octanol–water partition coefficient (Wildman–Crippen LogP) is 2.28. The summed E-state index contributed by atoms with van der Waals surface area (Å²) >= 11 is 0. The highest BCUT2D eigenvalue weighted by Gasteiger charge is 2.39. The number of sulfonamides is 1. The molecule has 0 radical (unpaired) electrons. The lowest BCUT2D eigenvalue weighted by molar-refractivity contribution is -0.126. The van der Waals surface area contributed by atoms with E-state index in [9.17, 15) is 18.0 Å². The van der Waals surface area contributed by atoms with E-state index in [0.29, 0.717) is 30.8 Å². The van der Waals surface area contributed by atoms with Crippen LogP contribution in [0.1, 0.15) is 67.2 Å². The van der Waals surface area contributed by atoms with E-state index in [4.69, 9.17) is 4.74 Å². The Morgan fingerprint density at radius 2 is 1.77 bits per heavy atom. The van der Waals surface area contributed by atoms with Crippen molar-refractivity contribution < 1.29 is 22.7 Å². The lowest BCUT2D eigenvalue weighted by Crippen LogP contribution is -2.47. The monoisotopic (exact) mass is 439 g/mol. The highest BCUT2D eigenvalue weighted by atomic mass is 32.2. The summed E-state index contributed by atoms with van der Waals surface area (Å²) in [6.45, 7) is 5.74. The number of carbonyl (C=O) groups is 2. The molecule has 1 N–H and O–H groups in total. The molecule has 30 heavy (non-hydrogen) atoms. The van der Waals surface area contributed by atoms with Gasteiger partial charge >= 0.3 is 5.97 Å². The van der Waals surface area contributed by atoms with E-state index in [1.807, 2.05) is 0 Å². The molecule has 0 bridgehead atoms. The van der Waals surface area contributed by atoms with Gasteiger partial charge in [-0.2, -0.15) is 4.31 Å². The fraction of sp³-hybridized carbons (Fsp3) is 0.714. The molecule has 168 valence electrons. The highest BCUT2D eigenvalue weighted by molar-refractivity contribution is 7.89. The predicted molar refractivity (Wildman–Crippen MR) is 113 cm³/mol. The quantitative estimate of drug-likeness (QED) is 0.686. The summed E-state index contributed by atoms with van der Waals surface area (Å²) in [5.41, 5.74) is 1.14. The van der Waals surface area contributed by atoms with Crippen LogP contribution in [0.15, 0.2) is 4.90 Å². The van der Waals surface area contributed by atoms with Crippen LogP contribution >= 0.6 is 0 Å². The van der Waals surface area contributed by atoms with Gasteiger partial charge < -0.3 is 14.6 Å². The Morgan fingerprint density at radius 3 is 2.40 bits per heavy atom. The molecule has 0 spiro atoms. The topological polar surface area (TPSA) is 97.7 Å². The van der Waals surface area contributed by atoms with E-state index < -0.39 is 16.0 Å². The minimum absolute atomic E-state index is 0.00204. The number of esters is 1. The SMILES string of the molecule is CCOC(=O)c1c(S(=O)(=O)N2CCCC(C(=O)NC3CCCC3)C2)c(C)n(C)c1C. The van der Waals surface area contributed by atoms with Crippen LogP contribution in [0.3, 0.4) is 0 Å². The summed E-state index contributed by atoms with van der Waals surface area (Å²) in [5.74, 6) is -1.07. The molecule has 1 aromatic rings. The lowest BCUT2D eigenvalue weighted by atomic mass is 9.98. The van der Waals surface area contributed by atoms with E-state index in [-0.39, 0.29) is 41.5 Å². The van der Waals surface area contributed by atoms with Crippen LogP contribution in [-0.4, -0.2) is 54.9 Å². The van der Waals surface area contributed by atoms with Gasteiger partial charge in [0, 0.05) is 37.6 Å². The largest absolute Gasteiger partial charge is 0.462 e. The van der Waals surface area contributed by atoms with Gasteiger partial charge in [-0.25, -0.2) is 13.2 Å². The van der Waals surface area contributed by atoms with Crippen LogP contribution in [0.25, 0.3) is 0 Å². The first-order valence-electron chi connectivity index (χ1n) is 10.8. The van der Waals surface area contributed by atoms with Crippen molar-refractivity contribution in [3.05, 3.63) is 17.0 Å². The maximum atomic E-state index is 13.6. The number of aromatic nitrogens is 1. The maximum absolute atomic E-state index is 13.6. The minimum Gasteiger partial charge on any atom is -0.462 e. The van der Waals surface area contributed by atoms with Crippen molar-refractivity contribution in [2.24, 2.45) is 13.0 Å². The normalized spacial score (nSPS) is 21.0. The van der Waals surface area contributed by atoms with Gasteiger partial charge in [0.05, 0.1) is 12.5 Å². The van der Waals surface area contributed by atoms with Crippen molar-refractivity contribution in [2.45, 2.75) is 70.2 Å². The fourth-order valence-corrected chi connectivity index (χ4v) is 6.57. The number of nitrogens with zero attached hydrogens (tertiary/aromatic N) is 2. The number of ether oxygens (including phenoxy) is 1. The summed E-state index contributed by atoms with van der Waals surface area (Å²) in [5, 5.41) is 3.09. The molecule has 1 aliphatic carbocycles. The Hall–Kier alpha value is -1.87. The van der Waals surface area contributed by atoms with Crippen molar-refractivity contribution >= 4 is 21.9 Å². The second kappa shape index (κ2) is 9.09. The van der Waals surface area contributed by atoms with Crippen molar-refractivity contribution in [1.29, 1.82) is 0 Å². The van der Waals surface area contributed by atoms with Crippen molar-refractivity contribution in [3.8, 4) is 0 Å². The molecule has 2 fully saturated rings. The van der Waals surface area contributed by atoms with Gasteiger partial charge in [-0.05, 0) is 46.5 Å². The van der Waals surface area contributed by atoms with Gasteiger partial charge in [0.15, 0.2) is 0 Å². The summed E-state index contributed by atoms with van der Waals surface area (Å²) < 4.78 is 35.4. The number of rotatable bonds is 6. The number of amides is 1. The molecule has 1 saturated heterocycles. The Kier molecular flexibility index (Phi) is 6.91. The molecule has 2 heterocycles. The second-order valence-electron chi connectivity index (χ2n) is 8.35. The van der Waals surface area contributed by atoms with Crippen molar-refractivity contribution in [1.82, 2.24) is 14.2 Å². The average Bonchev–Trinajstić information content (AvgIpc) is 3.30. The van der Waals surface area contributed by atoms with E-state index in [1.54, 1.807) is 32.4 Å². The van der Waals surface area contributed by atoms with Gasteiger partial charge in [0.1, 0.15) is 10.5 Å². The summed E-state index contributed by atoms with van der Waals surface area (Å²) in [6, 6.07) is 0.207. The zero-order valence-electron chi connectivity index (χ0n) is 18.4. The third-order valence-electron chi connectivity index (χ3n) is 6.46. The Bertz CT molecular complexity index is 916. The minimum atomic E-state index is -3.95. The molecule has 8 nitrogen and oxygen atoms in total. The molecule has 1 aromatic heterocycles. The lowest BCUT2D eigenvalue weighted by Gasteiger charge is -2.32. The van der Waals surface area contributed by atoms with Crippen molar-refractivity contribution in [3.63, 3.8) is 0 Å². The summed E-state index contributed by atoms with van der Waals surface area (Å²) in [6.07, 6.45) is 5.51. The number of carbonyl (C=O) groups excluding carboxylic acids is 2. The third kappa shape index (κ3) is 4.27. The summed E-state index contributed by atoms with van der Waals surface area (Å²) in [7, 11) is -2.21. The highest BCUT2D eigenvalue weighted by Crippen LogP contribution is 2.32. The fourth-order valence-electron chi connectivity index (χ4n) is 4.57. The smallest absolute Gasteiger partial charge is 0.341 e. The number of piperidine rings is 1. The zero-order chi connectivity index (χ0) is 22.1. The van der Waals surface area contributed by atoms with Gasteiger partial charge in [-0.15, -0.1) is 0 Å². The van der Waals surface area contributed by atoms with Crippen molar-refractivity contribution in [2.75, 3.05) is 19.7 Å². The Morgan fingerprint density at radius 1 is 1.10 bits per heavy atom. The van der Waals surface area contributed by atoms with Crippen LogP contribution in [0.2, 0.25) is 0 Å². The van der Waals surface area contributed by atoms with Gasteiger partial charge in [0.25, 0.3) is 0 Å². The number of hydrogen-bond acceptors (Lipinski definition) is 5.